The van der Waals surface area contributed by atoms with Crippen LogP contribution in [0.5, 0.6) is 5.75 Å². The molecule has 1 atom stereocenters. The Morgan fingerprint density at radius 2 is 1.84 bits per heavy atom. The third kappa shape index (κ3) is 4.67. The lowest BCUT2D eigenvalue weighted by Crippen LogP contribution is -2.40. The quantitative estimate of drug-likeness (QED) is 0.637. The molecule has 3 aromatic carbocycles. The summed E-state index contributed by atoms with van der Waals surface area (Å²) < 4.78 is 5.76. The molecule has 4 rings (SSSR count). The maximum atomic E-state index is 13.5. The lowest BCUT2D eigenvalue weighted by molar-refractivity contribution is -0.122. The Hall–Kier alpha value is -3.60. The van der Waals surface area contributed by atoms with E-state index in [-0.39, 0.29) is 24.5 Å². The number of ether oxygens (including phenoxy) is 1. The molecule has 1 aliphatic heterocycles. The van der Waals surface area contributed by atoms with Gasteiger partial charge in [-0.2, -0.15) is 0 Å². The van der Waals surface area contributed by atoms with Gasteiger partial charge >= 0.3 is 0 Å². The Morgan fingerprint density at radius 1 is 1.03 bits per heavy atom. The summed E-state index contributed by atoms with van der Waals surface area (Å²) >= 11 is 0. The van der Waals surface area contributed by atoms with Crippen molar-refractivity contribution < 1.29 is 14.3 Å². The molecule has 1 aliphatic rings. The zero-order valence-corrected chi connectivity index (χ0v) is 18.5. The van der Waals surface area contributed by atoms with Crippen molar-refractivity contribution in [2.45, 2.75) is 26.3 Å². The summed E-state index contributed by atoms with van der Waals surface area (Å²) in [5.41, 5.74) is 5.12. The first-order valence-corrected chi connectivity index (χ1v) is 11.0. The first-order valence-electron chi connectivity index (χ1n) is 11.0. The predicted molar refractivity (Wildman–Crippen MR) is 125 cm³/mol. The zero-order valence-electron chi connectivity index (χ0n) is 18.5. The van der Waals surface area contributed by atoms with Crippen molar-refractivity contribution in [3.63, 3.8) is 0 Å². The van der Waals surface area contributed by atoms with Crippen LogP contribution in [-0.2, 0) is 11.2 Å². The number of nitrogens with one attached hydrogen (secondary N) is 1. The van der Waals surface area contributed by atoms with Crippen LogP contribution in [0.2, 0.25) is 0 Å². The summed E-state index contributed by atoms with van der Waals surface area (Å²) in [5, 5.41) is 2.74. The molecular formula is C27H28N2O3. The van der Waals surface area contributed by atoms with Crippen LogP contribution in [0, 0.1) is 6.92 Å². The summed E-state index contributed by atoms with van der Waals surface area (Å²) in [7, 11) is 0. The van der Waals surface area contributed by atoms with Crippen LogP contribution in [0.4, 0.5) is 0 Å². The van der Waals surface area contributed by atoms with Crippen molar-refractivity contribution in [1.29, 1.82) is 0 Å². The molecule has 0 aliphatic carbocycles. The standard InChI is InChI=1S/C27H28N2O3/c1-3-28-25(30)18-32-23-13-12-20-14-15-29(27(31)21-9-5-4-6-10-21)26(24(20)17-23)22-11-7-8-19(2)16-22/h4-13,16-17,26H,3,14-15,18H2,1-2H3,(H,28,30)/t26-/m1/s1. The summed E-state index contributed by atoms with van der Waals surface area (Å²) in [5.74, 6) is 0.486. The third-order valence-corrected chi connectivity index (χ3v) is 5.73. The molecule has 5 nitrogen and oxygen atoms in total. The van der Waals surface area contributed by atoms with Crippen LogP contribution < -0.4 is 10.1 Å². The Balaban J connectivity index is 1.72. The van der Waals surface area contributed by atoms with Gasteiger partial charge in [-0.15, -0.1) is 0 Å². The Labute approximate surface area is 189 Å². The second kappa shape index (κ2) is 9.69. The normalized spacial score (nSPS) is 15.1. The van der Waals surface area contributed by atoms with Crippen molar-refractivity contribution in [1.82, 2.24) is 10.2 Å². The molecule has 0 radical (unpaired) electrons. The van der Waals surface area contributed by atoms with Gasteiger partial charge in [0.25, 0.3) is 11.8 Å². The molecule has 3 aromatic rings. The predicted octanol–water partition coefficient (Wildman–Crippen LogP) is 4.30. The van der Waals surface area contributed by atoms with E-state index in [0.29, 0.717) is 24.4 Å². The highest BCUT2D eigenvalue weighted by Crippen LogP contribution is 2.38. The molecule has 0 saturated heterocycles. The molecular weight excluding hydrogens is 400 g/mol. The molecule has 5 heteroatoms. The van der Waals surface area contributed by atoms with Crippen molar-refractivity contribution in [2.24, 2.45) is 0 Å². The molecule has 0 spiro atoms. The van der Waals surface area contributed by atoms with Gasteiger partial charge in [0.2, 0.25) is 0 Å². The molecule has 0 bridgehead atoms. The number of hydrogen-bond donors (Lipinski definition) is 1. The highest BCUT2D eigenvalue weighted by Gasteiger charge is 2.33. The first kappa shape index (κ1) is 21.6. The smallest absolute Gasteiger partial charge is 0.257 e. The van der Waals surface area contributed by atoms with E-state index in [9.17, 15) is 9.59 Å². The van der Waals surface area contributed by atoms with Crippen molar-refractivity contribution in [2.75, 3.05) is 19.7 Å². The van der Waals surface area contributed by atoms with Crippen LogP contribution in [-0.4, -0.2) is 36.4 Å². The van der Waals surface area contributed by atoms with Gasteiger partial charge in [-0.3, -0.25) is 9.59 Å². The van der Waals surface area contributed by atoms with Crippen molar-refractivity contribution >= 4 is 11.8 Å². The highest BCUT2D eigenvalue weighted by atomic mass is 16.5. The van der Waals surface area contributed by atoms with E-state index in [1.165, 1.54) is 5.56 Å². The lowest BCUT2D eigenvalue weighted by Gasteiger charge is -2.38. The lowest BCUT2D eigenvalue weighted by atomic mass is 9.87. The van der Waals surface area contributed by atoms with Crippen LogP contribution in [0.3, 0.4) is 0 Å². The van der Waals surface area contributed by atoms with Crippen LogP contribution in [0.1, 0.15) is 45.6 Å². The number of likely N-dealkylation sites (N-methyl/N-ethyl adjacent to an activating group) is 1. The molecule has 0 aromatic heterocycles. The van der Waals surface area contributed by atoms with E-state index >= 15 is 0 Å². The number of carbonyl (C=O) groups is 2. The van der Waals surface area contributed by atoms with Gasteiger partial charge in [-0.05, 0) is 61.2 Å². The van der Waals surface area contributed by atoms with Gasteiger partial charge in [0.05, 0.1) is 6.04 Å². The number of fused-ring (bicyclic) bond motifs is 1. The summed E-state index contributed by atoms with van der Waals surface area (Å²) in [6, 6.07) is 23.4. The van der Waals surface area contributed by atoms with E-state index in [1.807, 2.05) is 60.4 Å². The number of carbonyl (C=O) groups excluding carboxylic acids is 2. The monoisotopic (exact) mass is 428 g/mol. The number of nitrogens with zero attached hydrogens (tertiary/aromatic N) is 1. The van der Waals surface area contributed by atoms with Crippen LogP contribution in [0.25, 0.3) is 0 Å². The topological polar surface area (TPSA) is 58.6 Å². The van der Waals surface area contributed by atoms with Gasteiger partial charge in [-0.25, -0.2) is 0 Å². The largest absolute Gasteiger partial charge is 0.484 e. The number of aryl methyl sites for hydroxylation is 1. The molecule has 32 heavy (non-hydrogen) atoms. The van der Waals surface area contributed by atoms with Gasteiger partial charge < -0.3 is 15.0 Å². The van der Waals surface area contributed by atoms with E-state index in [0.717, 1.165) is 23.1 Å². The van der Waals surface area contributed by atoms with Crippen LogP contribution in [0.15, 0.2) is 72.8 Å². The van der Waals surface area contributed by atoms with Crippen molar-refractivity contribution in [3.05, 3.63) is 101 Å². The van der Waals surface area contributed by atoms with Gasteiger partial charge in [0.1, 0.15) is 5.75 Å². The van der Waals surface area contributed by atoms with Gasteiger partial charge in [-0.1, -0.05) is 54.1 Å². The third-order valence-electron chi connectivity index (χ3n) is 5.73. The minimum atomic E-state index is -0.223. The summed E-state index contributed by atoms with van der Waals surface area (Å²) in [4.78, 5) is 27.3. The molecule has 0 saturated carbocycles. The van der Waals surface area contributed by atoms with E-state index in [2.05, 4.69) is 36.5 Å². The van der Waals surface area contributed by atoms with E-state index in [4.69, 9.17) is 4.74 Å². The molecule has 0 unspecified atom stereocenters. The number of benzene rings is 3. The average Bonchev–Trinajstić information content (AvgIpc) is 2.82. The Bertz CT molecular complexity index is 1110. The second-order valence-electron chi connectivity index (χ2n) is 8.03. The number of amides is 2. The molecule has 0 fully saturated rings. The minimum absolute atomic E-state index is 0.0106. The average molecular weight is 429 g/mol. The van der Waals surface area contributed by atoms with Gasteiger partial charge in [0.15, 0.2) is 6.61 Å². The molecule has 2 amide bonds. The van der Waals surface area contributed by atoms with Crippen molar-refractivity contribution in [3.8, 4) is 5.75 Å². The molecule has 1 N–H and O–H groups in total. The Kier molecular flexibility index (Phi) is 6.55. The maximum Gasteiger partial charge on any atom is 0.257 e. The summed E-state index contributed by atoms with van der Waals surface area (Å²) in [6.45, 7) is 5.11. The number of rotatable bonds is 6. The van der Waals surface area contributed by atoms with Gasteiger partial charge in [0, 0.05) is 18.7 Å². The Morgan fingerprint density at radius 3 is 2.59 bits per heavy atom. The zero-order chi connectivity index (χ0) is 22.5. The summed E-state index contributed by atoms with van der Waals surface area (Å²) in [6.07, 6.45) is 0.771. The second-order valence-corrected chi connectivity index (χ2v) is 8.03. The fourth-order valence-corrected chi connectivity index (χ4v) is 4.25. The SMILES string of the molecule is CCNC(=O)COc1ccc2c(c1)[C@@H](c1cccc(C)c1)N(C(=O)c1ccccc1)CC2. The fraction of sp³-hybridized carbons (Fsp3) is 0.259. The minimum Gasteiger partial charge on any atom is -0.484 e. The molecule has 164 valence electrons. The highest BCUT2D eigenvalue weighted by molar-refractivity contribution is 5.95. The van der Waals surface area contributed by atoms with E-state index < -0.39 is 0 Å². The maximum absolute atomic E-state index is 13.5. The van der Waals surface area contributed by atoms with E-state index in [1.54, 1.807) is 0 Å². The molecule has 1 heterocycles. The fourth-order valence-electron chi connectivity index (χ4n) is 4.25. The number of hydrogen-bond acceptors (Lipinski definition) is 3. The first-order chi connectivity index (χ1) is 15.6. The van der Waals surface area contributed by atoms with Crippen LogP contribution >= 0.6 is 0 Å².